The first-order valence-electron chi connectivity index (χ1n) is 11.1. The van der Waals surface area contributed by atoms with Gasteiger partial charge in [0.2, 0.25) is 0 Å². The summed E-state index contributed by atoms with van der Waals surface area (Å²) in [6, 6.07) is 10.5. The van der Waals surface area contributed by atoms with Crippen molar-refractivity contribution in [2.75, 3.05) is 6.54 Å². The van der Waals surface area contributed by atoms with Gasteiger partial charge in [-0.3, -0.25) is 19.8 Å². The second-order valence-electron chi connectivity index (χ2n) is 9.94. The number of aliphatic imine (C=N–C) groups is 1. The maximum Gasteiger partial charge on any atom is 0.254 e. The minimum atomic E-state index is -0.0519. The fourth-order valence-electron chi connectivity index (χ4n) is 6.03. The lowest BCUT2D eigenvalue weighted by Crippen LogP contribution is -2.64. The van der Waals surface area contributed by atoms with Crippen molar-refractivity contribution in [3.63, 3.8) is 0 Å². The lowest BCUT2D eigenvalue weighted by atomic mass is 9.51. The average Bonchev–Trinajstić information content (AvgIpc) is 3.23. The molecule has 0 unspecified atom stereocenters. The van der Waals surface area contributed by atoms with Gasteiger partial charge in [0.1, 0.15) is 0 Å². The van der Waals surface area contributed by atoms with E-state index in [2.05, 4.69) is 52.8 Å². The van der Waals surface area contributed by atoms with Crippen LogP contribution in [0.3, 0.4) is 0 Å². The molecule has 156 valence electrons. The van der Waals surface area contributed by atoms with Crippen LogP contribution in [0.25, 0.3) is 11.0 Å². The van der Waals surface area contributed by atoms with Crippen molar-refractivity contribution >= 4 is 28.8 Å². The highest BCUT2D eigenvalue weighted by molar-refractivity contribution is 5.96. The summed E-state index contributed by atoms with van der Waals surface area (Å²) in [6.07, 6.45) is 8.03. The van der Waals surface area contributed by atoms with Gasteiger partial charge in [-0.1, -0.05) is 20.8 Å². The normalized spacial score (nSPS) is 25.4. The van der Waals surface area contributed by atoms with E-state index in [4.69, 9.17) is 0 Å². The molecule has 2 atom stereocenters. The molecule has 3 heterocycles. The van der Waals surface area contributed by atoms with Crippen molar-refractivity contribution < 1.29 is 4.79 Å². The molecule has 2 aliphatic heterocycles. The first-order chi connectivity index (χ1) is 14.9. The maximum atomic E-state index is 13.7. The third-order valence-corrected chi connectivity index (χ3v) is 8.32. The van der Waals surface area contributed by atoms with Crippen molar-refractivity contribution in [3.8, 4) is 0 Å². The van der Waals surface area contributed by atoms with E-state index >= 15 is 0 Å². The number of fused-ring (bicyclic) bond motifs is 6. The zero-order chi connectivity index (χ0) is 21.4. The van der Waals surface area contributed by atoms with Gasteiger partial charge in [0.25, 0.3) is 5.91 Å². The number of aromatic nitrogens is 2. The van der Waals surface area contributed by atoms with Gasteiger partial charge in [-0.25, -0.2) is 0 Å². The van der Waals surface area contributed by atoms with Gasteiger partial charge in [-0.15, -0.1) is 0 Å². The minimum absolute atomic E-state index is 0.0144. The van der Waals surface area contributed by atoms with E-state index < -0.39 is 0 Å². The van der Waals surface area contributed by atoms with Crippen LogP contribution in [0.2, 0.25) is 0 Å². The summed E-state index contributed by atoms with van der Waals surface area (Å²) >= 11 is 0. The van der Waals surface area contributed by atoms with E-state index in [1.165, 1.54) is 11.1 Å². The largest absolute Gasteiger partial charge is 0.335 e. The molecule has 1 fully saturated rings. The van der Waals surface area contributed by atoms with Crippen molar-refractivity contribution in [2.24, 2.45) is 10.4 Å². The van der Waals surface area contributed by atoms with Crippen LogP contribution in [-0.2, 0) is 18.3 Å². The fourth-order valence-corrected chi connectivity index (χ4v) is 6.03. The molecule has 1 amide bonds. The monoisotopic (exact) mass is 410 g/mol. The quantitative estimate of drug-likeness (QED) is 0.587. The van der Waals surface area contributed by atoms with Crippen LogP contribution < -0.4 is 0 Å². The molecule has 0 spiro atoms. The van der Waals surface area contributed by atoms with Gasteiger partial charge in [-0.2, -0.15) is 0 Å². The molecular weight excluding hydrogens is 384 g/mol. The first-order valence-corrected chi connectivity index (χ1v) is 11.1. The Morgan fingerprint density at radius 2 is 1.81 bits per heavy atom. The number of amides is 1. The maximum absolute atomic E-state index is 13.7. The van der Waals surface area contributed by atoms with E-state index in [1.54, 1.807) is 12.4 Å². The third-order valence-electron chi connectivity index (χ3n) is 8.32. The molecule has 1 aromatic heterocycles. The summed E-state index contributed by atoms with van der Waals surface area (Å²) in [6.45, 7) is 7.80. The second-order valence-corrected chi connectivity index (χ2v) is 9.94. The molecular formula is C26H26N4O. The highest BCUT2D eigenvalue weighted by Gasteiger charge is 2.57. The molecule has 2 aromatic carbocycles. The Hall–Kier alpha value is -3.08. The minimum Gasteiger partial charge on any atom is -0.335 e. The number of nitrogens with zero attached hydrogens (tertiary/aromatic N) is 4. The molecule has 5 heteroatoms. The Balaban J connectivity index is 1.43. The molecule has 0 N–H and O–H groups in total. The number of rotatable bonds is 1. The molecule has 31 heavy (non-hydrogen) atoms. The van der Waals surface area contributed by atoms with Gasteiger partial charge in [0.15, 0.2) is 0 Å². The number of hydrogen-bond donors (Lipinski definition) is 0. The van der Waals surface area contributed by atoms with Gasteiger partial charge >= 0.3 is 0 Å². The second kappa shape index (κ2) is 6.22. The van der Waals surface area contributed by atoms with Crippen LogP contribution in [-0.4, -0.2) is 39.6 Å². The predicted octanol–water partition coefficient (Wildman–Crippen LogP) is 4.64. The first kappa shape index (κ1) is 18.7. The van der Waals surface area contributed by atoms with Gasteiger partial charge < -0.3 is 4.90 Å². The topological polar surface area (TPSA) is 58.5 Å². The molecule has 5 nitrogen and oxygen atoms in total. The zero-order valence-electron chi connectivity index (χ0n) is 18.2. The van der Waals surface area contributed by atoms with Crippen molar-refractivity contribution in [1.82, 2.24) is 14.9 Å². The summed E-state index contributed by atoms with van der Waals surface area (Å²) < 4.78 is 0. The predicted molar refractivity (Wildman–Crippen MR) is 122 cm³/mol. The summed E-state index contributed by atoms with van der Waals surface area (Å²) in [5.74, 6) is 0.138. The Morgan fingerprint density at radius 3 is 2.61 bits per heavy atom. The number of hydrogen-bond acceptors (Lipinski definition) is 4. The third kappa shape index (κ3) is 2.49. The number of piperidine rings is 1. The smallest absolute Gasteiger partial charge is 0.254 e. The summed E-state index contributed by atoms with van der Waals surface area (Å²) in [4.78, 5) is 29.3. The summed E-state index contributed by atoms with van der Waals surface area (Å²) in [5.41, 5.74) is 7.41. The summed E-state index contributed by atoms with van der Waals surface area (Å²) in [7, 11) is 0. The molecule has 6 rings (SSSR count). The van der Waals surface area contributed by atoms with Crippen LogP contribution in [0.4, 0.5) is 5.69 Å². The van der Waals surface area contributed by atoms with Crippen LogP contribution >= 0.6 is 0 Å². The Kier molecular flexibility index (Phi) is 3.75. The molecule has 3 aliphatic rings. The van der Waals surface area contributed by atoms with Crippen LogP contribution in [0.5, 0.6) is 0 Å². The number of carbonyl (C=O) groups is 1. The van der Waals surface area contributed by atoms with Crippen molar-refractivity contribution in [2.45, 2.75) is 51.5 Å². The SMILES string of the molecule is CC1(C)[C@H]2Cc3cc4nccnc4cc3[C@]1(C)CCN2C(=O)c1ccc2c(c1)CC=N2. The van der Waals surface area contributed by atoms with Crippen LogP contribution in [0, 0.1) is 5.41 Å². The van der Waals surface area contributed by atoms with E-state index in [-0.39, 0.29) is 22.8 Å². The fraction of sp³-hybridized carbons (Fsp3) is 0.385. The number of carbonyl (C=O) groups excluding carboxylic acids is 1. The molecule has 1 saturated heterocycles. The Labute approximate surface area is 182 Å². The van der Waals surface area contributed by atoms with Crippen LogP contribution in [0.15, 0.2) is 47.7 Å². The van der Waals surface area contributed by atoms with Crippen LogP contribution in [0.1, 0.15) is 54.2 Å². The van der Waals surface area contributed by atoms with E-state index in [1.807, 2.05) is 24.4 Å². The Bertz CT molecular complexity index is 1280. The highest BCUT2D eigenvalue weighted by Crippen LogP contribution is 2.56. The van der Waals surface area contributed by atoms with Gasteiger partial charge in [0.05, 0.1) is 16.7 Å². The lowest BCUT2D eigenvalue weighted by molar-refractivity contribution is -0.0261. The highest BCUT2D eigenvalue weighted by atomic mass is 16.2. The van der Waals surface area contributed by atoms with Crippen molar-refractivity contribution in [1.29, 1.82) is 0 Å². The zero-order valence-corrected chi connectivity index (χ0v) is 18.2. The van der Waals surface area contributed by atoms with Crippen molar-refractivity contribution in [3.05, 3.63) is 65.0 Å². The number of benzene rings is 2. The average molecular weight is 411 g/mol. The molecule has 1 aliphatic carbocycles. The molecule has 3 aromatic rings. The van der Waals surface area contributed by atoms with E-state index in [0.29, 0.717) is 0 Å². The number of likely N-dealkylation sites (tertiary alicyclic amines) is 1. The van der Waals surface area contributed by atoms with E-state index in [0.717, 1.165) is 53.7 Å². The van der Waals surface area contributed by atoms with Gasteiger partial charge in [0, 0.05) is 48.6 Å². The standard InChI is InChI=1S/C26H26N4O/c1-25(2)23-14-18-13-21-22(29-10-9-28-21)15-19(18)26(25,3)7-11-30(23)24(31)17-4-5-20-16(12-17)6-8-27-20/h4-5,8-10,12-13,15,23H,6-7,11,14H2,1-3H3/t23-,26+/m1/s1. The molecule has 0 radical (unpaired) electrons. The van der Waals surface area contributed by atoms with E-state index in [9.17, 15) is 4.79 Å². The summed E-state index contributed by atoms with van der Waals surface area (Å²) in [5, 5.41) is 0. The van der Waals surface area contributed by atoms with Gasteiger partial charge in [-0.05, 0) is 65.3 Å². The molecule has 2 bridgehead atoms. The molecule has 0 saturated carbocycles. The Morgan fingerprint density at radius 1 is 1.03 bits per heavy atom. The lowest BCUT2D eigenvalue weighted by Gasteiger charge is -2.60.